The number of nitrogens with zero attached hydrogens (tertiary/aromatic N) is 3. The number of anilines is 1. The zero-order valence-electron chi connectivity index (χ0n) is 23.1. The molecule has 1 aliphatic heterocycles. The van der Waals surface area contributed by atoms with Crippen molar-refractivity contribution in [3.8, 4) is 28.3 Å². The first-order valence-electron chi connectivity index (χ1n) is 14.0. The number of carbonyl (C=O) groups is 2. The van der Waals surface area contributed by atoms with Crippen LogP contribution in [0.4, 0.5) is 18.9 Å². The van der Waals surface area contributed by atoms with Gasteiger partial charge in [0.1, 0.15) is 17.2 Å². The van der Waals surface area contributed by atoms with E-state index >= 15 is 0 Å². The number of pyridine rings is 1. The summed E-state index contributed by atoms with van der Waals surface area (Å²) >= 11 is 1.27. The first-order valence-corrected chi connectivity index (χ1v) is 14.9. The molecular weight excluding hydrogens is 579 g/mol. The van der Waals surface area contributed by atoms with E-state index in [1.165, 1.54) is 36.0 Å². The van der Waals surface area contributed by atoms with Crippen LogP contribution in [-0.2, 0) is 11.3 Å². The van der Waals surface area contributed by atoms with E-state index in [1.54, 1.807) is 30.1 Å². The number of hydrogen-bond acceptors (Lipinski definition) is 5. The Hall–Kier alpha value is -4.38. The van der Waals surface area contributed by atoms with Gasteiger partial charge in [-0.25, -0.2) is 9.78 Å². The summed E-state index contributed by atoms with van der Waals surface area (Å²) in [5.41, 5.74) is 5.92. The summed E-state index contributed by atoms with van der Waals surface area (Å²) in [5.74, 6) is -1.21. The lowest BCUT2D eigenvalue weighted by Crippen LogP contribution is -2.28. The number of rotatable bonds is 4. The zero-order valence-corrected chi connectivity index (χ0v) is 23.9. The molecule has 2 aliphatic rings. The number of amides is 1. The van der Waals surface area contributed by atoms with Crippen LogP contribution in [0.2, 0.25) is 0 Å². The molecule has 1 N–H and O–H groups in total. The van der Waals surface area contributed by atoms with Crippen LogP contribution in [0.15, 0.2) is 54.6 Å². The van der Waals surface area contributed by atoms with Crippen molar-refractivity contribution in [1.29, 1.82) is 0 Å². The van der Waals surface area contributed by atoms with E-state index in [0.29, 0.717) is 22.5 Å². The van der Waals surface area contributed by atoms with Gasteiger partial charge in [0, 0.05) is 23.6 Å². The summed E-state index contributed by atoms with van der Waals surface area (Å²) in [5, 5.41) is 10.5. The van der Waals surface area contributed by atoms with E-state index < -0.39 is 12.3 Å². The van der Waals surface area contributed by atoms with Crippen molar-refractivity contribution in [2.45, 2.75) is 50.9 Å². The maximum absolute atomic E-state index is 13.7. The molecule has 1 saturated carbocycles. The highest BCUT2D eigenvalue weighted by Crippen LogP contribution is 2.50. The summed E-state index contributed by atoms with van der Waals surface area (Å²) in [7, 11) is 1.73. The van der Waals surface area contributed by atoms with E-state index in [4.69, 9.17) is 4.98 Å². The van der Waals surface area contributed by atoms with Crippen LogP contribution in [0.5, 0.6) is 5.75 Å². The highest BCUT2D eigenvalue weighted by molar-refractivity contribution is 7.21. The molecule has 7 nitrogen and oxygen atoms in total. The van der Waals surface area contributed by atoms with E-state index in [0.717, 1.165) is 58.1 Å². The Balaban J connectivity index is 1.42. The first kappa shape index (κ1) is 27.5. The van der Waals surface area contributed by atoms with Crippen LogP contribution in [0.3, 0.4) is 0 Å². The number of aromatic nitrogens is 2. The number of thiophene rings is 1. The Bertz CT molecular complexity index is 1940. The highest BCUT2D eigenvalue weighted by atomic mass is 32.1. The molecule has 0 radical (unpaired) electrons. The van der Waals surface area contributed by atoms with Gasteiger partial charge in [0.15, 0.2) is 0 Å². The topological polar surface area (TPSA) is 84.7 Å². The average Bonchev–Trinajstić information content (AvgIpc) is 3.51. The Morgan fingerprint density at radius 2 is 1.86 bits per heavy atom. The largest absolute Gasteiger partial charge is 0.573 e. The maximum atomic E-state index is 13.7. The quantitative estimate of drug-likeness (QED) is 0.223. The molecule has 0 saturated heterocycles. The van der Waals surface area contributed by atoms with Gasteiger partial charge in [-0.05, 0) is 66.8 Å². The minimum absolute atomic E-state index is 0.0680. The summed E-state index contributed by atoms with van der Waals surface area (Å²) in [6.45, 7) is 0.0680. The molecule has 43 heavy (non-hydrogen) atoms. The van der Waals surface area contributed by atoms with Crippen molar-refractivity contribution in [1.82, 2.24) is 9.55 Å². The Morgan fingerprint density at radius 3 is 2.60 bits per heavy atom. The van der Waals surface area contributed by atoms with Crippen molar-refractivity contribution in [2.24, 2.45) is 0 Å². The van der Waals surface area contributed by atoms with Crippen molar-refractivity contribution < 1.29 is 32.6 Å². The molecule has 5 aromatic rings. The van der Waals surface area contributed by atoms with Gasteiger partial charge in [-0.1, -0.05) is 31.4 Å². The van der Waals surface area contributed by atoms with Crippen LogP contribution in [-0.4, -0.2) is 39.9 Å². The van der Waals surface area contributed by atoms with E-state index in [9.17, 15) is 27.9 Å². The second-order valence-corrected chi connectivity index (χ2v) is 12.1. The Labute approximate surface area is 248 Å². The van der Waals surface area contributed by atoms with Crippen LogP contribution < -0.4 is 9.64 Å². The van der Waals surface area contributed by atoms with Crippen LogP contribution in [0.25, 0.3) is 43.6 Å². The molecular formula is C32H26F3N3O4S. The van der Waals surface area contributed by atoms with Gasteiger partial charge in [0.25, 0.3) is 0 Å². The molecule has 2 aromatic carbocycles. The normalized spacial score (nSPS) is 15.9. The second kappa shape index (κ2) is 10.1. The molecule has 0 unspecified atom stereocenters. The van der Waals surface area contributed by atoms with Crippen LogP contribution >= 0.6 is 11.3 Å². The van der Waals surface area contributed by atoms with Gasteiger partial charge in [0.05, 0.1) is 32.8 Å². The number of hydrogen-bond donors (Lipinski definition) is 1. The lowest BCUT2D eigenvalue weighted by Gasteiger charge is -2.24. The maximum Gasteiger partial charge on any atom is 0.573 e. The van der Waals surface area contributed by atoms with Gasteiger partial charge < -0.3 is 19.3 Å². The number of carboxylic acids is 1. The fourth-order valence-electron chi connectivity index (χ4n) is 6.60. The molecule has 220 valence electrons. The van der Waals surface area contributed by atoms with Crippen molar-refractivity contribution in [2.75, 3.05) is 11.9 Å². The molecule has 0 bridgehead atoms. The molecule has 1 fully saturated rings. The van der Waals surface area contributed by atoms with E-state index in [2.05, 4.69) is 4.74 Å². The van der Waals surface area contributed by atoms with Gasteiger partial charge in [0.2, 0.25) is 5.91 Å². The number of benzene rings is 2. The SMILES string of the molecule is CN1C(=O)Cn2c(c(C3CCCCC3)c3sc(C(=O)O)cc32)-c2ccc3nc(-c4cccc(OC(F)(F)F)c4)ccc3c21. The van der Waals surface area contributed by atoms with Crippen molar-refractivity contribution in [3.05, 3.63) is 65.0 Å². The number of halogens is 3. The molecule has 0 atom stereocenters. The van der Waals surface area contributed by atoms with Crippen LogP contribution in [0.1, 0.15) is 53.3 Å². The molecule has 4 heterocycles. The van der Waals surface area contributed by atoms with Crippen molar-refractivity contribution in [3.63, 3.8) is 0 Å². The monoisotopic (exact) mass is 605 g/mol. The zero-order chi connectivity index (χ0) is 30.0. The minimum Gasteiger partial charge on any atom is -0.477 e. The molecule has 11 heteroatoms. The fourth-order valence-corrected chi connectivity index (χ4v) is 7.72. The molecule has 0 spiro atoms. The van der Waals surface area contributed by atoms with Gasteiger partial charge in [-0.2, -0.15) is 0 Å². The number of carboxylic acid groups (broad SMARTS) is 1. The van der Waals surface area contributed by atoms with Gasteiger partial charge in [-0.3, -0.25) is 4.79 Å². The Kier molecular flexibility index (Phi) is 6.46. The highest BCUT2D eigenvalue weighted by Gasteiger charge is 2.35. The number of fused-ring (bicyclic) bond motifs is 7. The molecule has 7 rings (SSSR count). The predicted octanol–water partition coefficient (Wildman–Crippen LogP) is 8.21. The smallest absolute Gasteiger partial charge is 0.477 e. The third-order valence-corrected chi connectivity index (χ3v) is 9.61. The number of aromatic carboxylic acids is 1. The predicted molar refractivity (Wildman–Crippen MR) is 159 cm³/mol. The van der Waals surface area contributed by atoms with E-state index in [-0.39, 0.29) is 29.0 Å². The van der Waals surface area contributed by atoms with E-state index in [1.807, 2.05) is 22.8 Å². The molecule has 1 aliphatic carbocycles. The number of alkyl halides is 3. The minimum atomic E-state index is -4.80. The number of carbonyl (C=O) groups excluding carboxylic acids is 1. The molecule has 3 aromatic heterocycles. The lowest BCUT2D eigenvalue weighted by molar-refractivity contribution is -0.274. The average molecular weight is 606 g/mol. The summed E-state index contributed by atoms with van der Waals surface area (Å²) in [6, 6.07) is 14.8. The fraction of sp³-hybridized carbons (Fsp3) is 0.281. The summed E-state index contributed by atoms with van der Waals surface area (Å²) < 4.78 is 45.4. The lowest BCUT2D eigenvalue weighted by atomic mass is 9.82. The third-order valence-electron chi connectivity index (χ3n) is 8.46. The van der Waals surface area contributed by atoms with Gasteiger partial charge in [-0.15, -0.1) is 24.5 Å². The third kappa shape index (κ3) is 4.71. The first-order chi connectivity index (χ1) is 20.6. The molecule has 1 amide bonds. The number of likely N-dealkylation sites (N-methyl/N-ethyl adjacent to an activating group) is 1. The van der Waals surface area contributed by atoms with Crippen LogP contribution in [0, 0.1) is 0 Å². The summed E-state index contributed by atoms with van der Waals surface area (Å²) in [4.78, 5) is 32.2. The standard InChI is InChI=1S/C32H26F3N3O4S/c1-37-26(39)16-38-24-15-25(31(40)41)43-30(24)27(17-6-3-2-4-7-17)29(38)21-11-13-23-20(28(21)37)10-12-22(36-23)18-8-5-9-19(14-18)42-32(33,34)35/h5,8-15,17H,2-4,6-7,16H2,1H3,(H,40,41). The summed E-state index contributed by atoms with van der Waals surface area (Å²) in [6.07, 6.45) is 0.560. The Morgan fingerprint density at radius 1 is 1.07 bits per heavy atom. The van der Waals surface area contributed by atoms with Crippen molar-refractivity contribution >= 4 is 50.0 Å². The number of ether oxygens (including phenoxy) is 1. The van der Waals surface area contributed by atoms with Gasteiger partial charge >= 0.3 is 12.3 Å². The second-order valence-electron chi connectivity index (χ2n) is 11.1.